The number of nitrogens with zero attached hydrogens (tertiary/aromatic N) is 4. The molecule has 0 spiro atoms. The van der Waals surface area contributed by atoms with Crippen molar-refractivity contribution in [1.82, 2.24) is 29.8 Å². The molecule has 5 aromatic rings. The summed E-state index contributed by atoms with van der Waals surface area (Å²) >= 11 is 0. The second kappa shape index (κ2) is 9.61. The maximum Gasteiger partial charge on any atom is 0.419 e. The smallest absolute Gasteiger partial charge is 0.408 e. The van der Waals surface area contributed by atoms with Crippen molar-refractivity contribution >= 4 is 34.5 Å². The number of fused-ring (bicyclic) bond motifs is 2. The maximum absolute atomic E-state index is 13.3. The summed E-state index contributed by atoms with van der Waals surface area (Å²) in [6.07, 6.45) is 1.40. The van der Waals surface area contributed by atoms with E-state index in [-0.39, 0.29) is 29.1 Å². The van der Waals surface area contributed by atoms with Gasteiger partial charge in [-0.2, -0.15) is 5.10 Å². The van der Waals surface area contributed by atoms with Crippen molar-refractivity contribution in [3.05, 3.63) is 99.7 Å². The highest BCUT2D eigenvalue weighted by atomic mass is 19.1. The van der Waals surface area contributed by atoms with Gasteiger partial charge in [0.1, 0.15) is 23.2 Å². The number of aromatic nitrogens is 4. The van der Waals surface area contributed by atoms with Crippen LogP contribution in [0.3, 0.4) is 0 Å². The van der Waals surface area contributed by atoms with E-state index in [9.17, 15) is 23.6 Å². The summed E-state index contributed by atoms with van der Waals surface area (Å²) in [7, 11) is 1.58. The van der Waals surface area contributed by atoms with Crippen molar-refractivity contribution in [1.29, 1.82) is 0 Å². The fourth-order valence-electron chi connectivity index (χ4n) is 3.93. The van der Waals surface area contributed by atoms with Gasteiger partial charge in [-0.15, -0.1) is 0 Å². The summed E-state index contributed by atoms with van der Waals surface area (Å²) in [5, 5.41) is 9.30. The minimum absolute atomic E-state index is 0.0719. The number of aryl methyl sites for hydroxylation is 1. The molecule has 0 aliphatic heterocycles. The van der Waals surface area contributed by atoms with Crippen molar-refractivity contribution in [2.45, 2.75) is 12.6 Å². The minimum atomic E-state index is -1.26. The summed E-state index contributed by atoms with van der Waals surface area (Å²) in [4.78, 5) is 54.2. The third-order valence-electron chi connectivity index (χ3n) is 5.90. The number of carbonyl (C=O) groups excluding carboxylic acids is 3. The fourth-order valence-corrected chi connectivity index (χ4v) is 3.93. The van der Waals surface area contributed by atoms with Crippen LogP contribution in [0.5, 0.6) is 0 Å². The molecule has 4 N–H and O–H groups in total. The molecular formula is C25H20FN7O5. The van der Waals surface area contributed by atoms with E-state index in [1.54, 1.807) is 25.2 Å². The Morgan fingerprint density at radius 1 is 1.08 bits per heavy atom. The van der Waals surface area contributed by atoms with E-state index in [1.807, 2.05) is 0 Å². The highest BCUT2D eigenvalue weighted by Crippen LogP contribution is 2.17. The Morgan fingerprint density at radius 3 is 2.58 bits per heavy atom. The molecular weight excluding hydrogens is 497 g/mol. The number of hydrogen-bond donors (Lipinski definition) is 3. The topological polar surface area (TPSA) is 167 Å². The molecule has 3 aromatic heterocycles. The van der Waals surface area contributed by atoms with Crippen LogP contribution in [0.1, 0.15) is 38.1 Å². The Labute approximate surface area is 212 Å². The normalized spacial score (nSPS) is 11.9. The lowest BCUT2D eigenvalue weighted by molar-refractivity contribution is -0.120. The lowest BCUT2D eigenvalue weighted by atomic mass is 10.1. The molecule has 0 unspecified atom stereocenters. The van der Waals surface area contributed by atoms with E-state index in [1.165, 1.54) is 39.5 Å². The van der Waals surface area contributed by atoms with Crippen molar-refractivity contribution in [3.8, 4) is 0 Å². The number of rotatable bonds is 7. The van der Waals surface area contributed by atoms with Gasteiger partial charge >= 0.3 is 5.76 Å². The van der Waals surface area contributed by atoms with Gasteiger partial charge in [0.2, 0.25) is 5.91 Å². The number of amides is 3. The van der Waals surface area contributed by atoms with E-state index in [2.05, 4.69) is 20.7 Å². The second-order valence-electron chi connectivity index (χ2n) is 8.40. The Kier molecular flexibility index (Phi) is 6.16. The monoisotopic (exact) mass is 517 g/mol. The molecule has 5 rings (SSSR count). The van der Waals surface area contributed by atoms with Crippen LogP contribution in [-0.2, 0) is 18.4 Å². The molecule has 0 aliphatic carbocycles. The first-order valence-electron chi connectivity index (χ1n) is 11.3. The zero-order chi connectivity index (χ0) is 27.0. The van der Waals surface area contributed by atoms with E-state index >= 15 is 0 Å². The fraction of sp³-hybridized carbons (Fsp3) is 0.120. The first kappa shape index (κ1) is 24.4. The lowest BCUT2D eigenvalue weighted by Crippen LogP contribution is -2.38. The number of hydrogen-bond acceptors (Lipinski definition) is 7. The third-order valence-corrected chi connectivity index (χ3v) is 5.90. The van der Waals surface area contributed by atoms with Crippen molar-refractivity contribution in [2.75, 3.05) is 0 Å². The molecule has 13 heteroatoms. The van der Waals surface area contributed by atoms with Gasteiger partial charge in [-0.1, -0.05) is 18.2 Å². The minimum Gasteiger partial charge on any atom is -0.408 e. The van der Waals surface area contributed by atoms with E-state index in [0.29, 0.717) is 16.7 Å². The zero-order valence-electron chi connectivity index (χ0n) is 19.8. The molecule has 0 saturated carbocycles. The van der Waals surface area contributed by atoms with Crippen LogP contribution in [0.4, 0.5) is 4.39 Å². The van der Waals surface area contributed by atoms with Crippen LogP contribution in [0.2, 0.25) is 0 Å². The largest absolute Gasteiger partial charge is 0.419 e. The van der Waals surface area contributed by atoms with Crippen molar-refractivity contribution in [2.24, 2.45) is 12.8 Å². The van der Waals surface area contributed by atoms with Gasteiger partial charge in [0.15, 0.2) is 11.2 Å². The average Bonchev–Trinajstić information content (AvgIpc) is 3.49. The van der Waals surface area contributed by atoms with Gasteiger partial charge in [-0.05, 0) is 35.4 Å². The number of halogens is 1. The van der Waals surface area contributed by atoms with Gasteiger partial charge in [0, 0.05) is 25.7 Å². The van der Waals surface area contributed by atoms with Crippen LogP contribution in [0.25, 0.3) is 16.7 Å². The number of primary amides is 1. The summed E-state index contributed by atoms with van der Waals surface area (Å²) < 4.78 is 21.0. The molecule has 12 nitrogen and oxygen atoms in total. The molecule has 2 aromatic carbocycles. The highest BCUT2D eigenvalue weighted by Gasteiger charge is 2.24. The molecule has 3 heterocycles. The van der Waals surface area contributed by atoms with Crippen LogP contribution < -0.4 is 22.1 Å². The zero-order valence-corrected chi connectivity index (χ0v) is 19.8. The number of oxazole rings is 1. The van der Waals surface area contributed by atoms with Crippen molar-refractivity contribution in [3.63, 3.8) is 0 Å². The molecule has 38 heavy (non-hydrogen) atoms. The molecule has 0 radical (unpaired) electrons. The van der Waals surface area contributed by atoms with Gasteiger partial charge < -0.3 is 20.8 Å². The van der Waals surface area contributed by atoms with Gasteiger partial charge in [0.25, 0.3) is 11.8 Å². The Balaban J connectivity index is 1.39. The average molecular weight is 517 g/mol. The van der Waals surface area contributed by atoms with Gasteiger partial charge in [0.05, 0.1) is 11.7 Å². The number of nitrogens with one attached hydrogen (secondary N) is 2. The lowest BCUT2D eigenvalue weighted by Gasteiger charge is -2.16. The number of nitrogens with two attached hydrogens (primary N) is 1. The first-order chi connectivity index (χ1) is 18.2. The predicted molar refractivity (Wildman–Crippen MR) is 131 cm³/mol. The Morgan fingerprint density at radius 2 is 1.84 bits per heavy atom. The SMILES string of the molecule is Cn1c(=O)oc2ccc(CNC(=O)c3cc(C(=O)N[C@@H](C(N)=O)c4ccc(F)cc4)n4nccc4n3)cc21. The Hall–Kier alpha value is -5.33. The standard InChI is InChI=1S/C25H20FN7O5/c1-32-17-10-13(2-7-19(17)38-25(32)37)12-28-23(35)16-11-18(33-20(30-16)8-9-29-33)24(36)31-21(22(27)34)14-3-5-15(26)6-4-14/h2-11,21H,12H2,1H3,(H2,27,34)(H,28,35)(H,31,36)/t21-/m1/s1. The third kappa shape index (κ3) is 4.59. The summed E-state index contributed by atoms with van der Waals surface area (Å²) in [5.74, 6) is -3.20. The molecule has 1 atom stereocenters. The highest BCUT2D eigenvalue weighted by molar-refractivity contribution is 6.00. The maximum atomic E-state index is 13.3. The van der Waals surface area contributed by atoms with Gasteiger partial charge in [-0.25, -0.2) is 18.7 Å². The van der Waals surface area contributed by atoms with E-state index in [4.69, 9.17) is 10.2 Å². The Bertz CT molecular complexity index is 1770. The van der Waals surface area contributed by atoms with Crippen molar-refractivity contribution < 1.29 is 23.2 Å². The first-order valence-corrected chi connectivity index (χ1v) is 11.3. The molecule has 0 bridgehead atoms. The second-order valence-corrected chi connectivity index (χ2v) is 8.40. The predicted octanol–water partition coefficient (Wildman–Crippen LogP) is 1.20. The summed E-state index contributed by atoms with van der Waals surface area (Å²) in [6.45, 7) is 0.107. The number of benzene rings is 2. The number of carbonyl (C=O) groups is 3. The summed E-state index contributed by atoms with van der Waals surface area (Å²) in [5.41, 5.74) is 7.52. The van der Waals surface area contributed by atoms with Crippen LogP contribution >= 0.6 is 0 Å². The molecule has 0 fully saturated rings. The van der Waals surface area contributed by atoms with Crippen LogP contribution in [-0.4, -0.2) is 36.9 Å². The van der Waals surface area contributed by atoms with Crippen LogP contribution in [0, 0.1) is 5.82 Å². The molecule has 3 amide bonds. The molecule has 192 valence electrons. The summed E-state index contributed by atoms with van der Waals surface area (Å²) in [6, 6.07) is 11.5. The molecule has 0 saturated heterocycles. The molecule has 0 aliphatic rings. The van der Waals surface area contributed by atoms with Crippen LogP contribution in [0.15, 0.2) is 70.0 Å². The quantitative estimate of drug-likeness (QED) is 0.292. The van der Waals surface area contributed by atoms with E-state index in [0.717, 1.165) is 12.1 Å². The van der Waals surface area contributed by atoms with E-state index < -0.39 is 35.3 Å². The van der Waals surface area contributed by atoms with Gasteiger partial charge in [-0.3, -0.25) is 19.0 Å².